The van der Waals surface area contributed by atoms with E-state index in [1.165, 1.54) is 82.2 Å². The van der Waals surface area contributed by atoms with Crippen molar-refractivity contribution in [2.75, 3.05) is 4.90 Å². The lowest BCUT2D eigenvalue weighted by Crippen LogP contribution is -2.50. The molecule has 0 unspecified atom stereocenters. The maximum Gasteiger partial charge on any atom is 0.212 e. The molecule has 3 heteroatoms. The van der Waals surface area contributed by atoms with Gasteiger partial charge in [0.25, 0.3) is 0 Å². The summed E-state index contributed by atoms with van der Waals surface area (Å²) in [5.74, 6) is 1.06. The van der Waals surface area contributed by atoms with E-state index in [2.05, 4.69) is 128 Å². The van der Waals surface area contributed by atoms with E-state index in [1.807, 2.05) is 0 Å². The molecule has 2 aliphatic carbocycles. The Hall–Kier alpha value is -3.85. The number of nitrogens with zero attached hydrogens (tertiary/aromatic N) is 3. The maximum atomic E-state index is 5.64. The minimum Gasteiger partial charge on any atom is -0.304 e. The van der Waals surface area contributed by atoms with Gasteiger partial charge in [-0.05, 0) is 92.1 Å². The number of hydrogen-bond donors (Lipinski definition) is 0. The van der Waals surface area contributed by atoms with Gasteiger partial charge in [0.2, 0.25) is 5.95 Å². The molecule has 0 N–H and O–H groups in total. The highest BCUT2D eigenvalue weighted by Crippen LogP contribution is 2.59. The van der Waals surface area contributed by atoms with E-state index in [-0.39, 0.29) is 16.5 Å². The molecule has 5 aromatic rings. The van der Waals surface area contributed by atoms with Crippen molar-refractivity contribution in [1.29, 1.82) is 0 Å². The SMILES string of the molecule is CC1(C)N(c2cccc(-c3ccccc3)c2)c2nc3c4c(ccc3n2C1(C)C)-c1ccccc1C41CCCCC1. The summed E-state index contributed by atoms with van der Waals surface area (Å²) in [7, 11) is 0. The van der Waals surface area contributed by atoms with Gasteiger partial charge in [-0.3, -0.25) is 0 Å². The van der Waals surface area contributed by atoms with Gasteiger partial charge in [0.05, 0.1) is 22.1 Å². The minimum atomic E-state index is -0.177. The predicted octanol–water partition coefficient (Wildman–Crippen LogP) is 9.60. The molecule has 8 rings (SSSR count). The standard InChI is InChI=1S/C37H37N3/c1-35(2)36(3,4)40-31-21-20-29-28-18-9-10-19-30(28)37(22-11-6-12-23-37)32(29)33(31)38-34(40)39(35)27-17-13-16-26(24-27)25-14-7-5-8-15-25/h5,7-10,13-21,24H,6,11-12,22-23H2,1-4H3. The molecular weight excluding hydrogens is 486 g/mol. The first-order valence-corrected chi connectivity index (χ1v) is 15.0. The van der Waals surface area contributed by atoms with Crippen molar-refractivity contribution in [3.63, 3.8) is 0 Å². The lowest BCUT2D eigenvalue weighted by atomic mass is 9.67. The molecule has 3 nitrogen and oxygen atoms in total. The number of rotatable bonds is 2. The fourth-order valence-corrected chi connectivity index (χ4v) is 8.18. The van der Waals surface area contributed by atoms with Gasteiger partial charge in [-0.25, -0.2) is 4.98 Å². The van der Waals surface area contributed by atoms with Crippen LogP contribution >= 0.6 is 0 Å². The van der Waals surface area contributed by atoms with E-state index in [0.29, 0.717) is 0 Å². The van der Waals surface area contributed by atoms with Crippen LogP contribution in [-0.2, 0) is 11.0 Å². The van der Waals surface area contributed by atoms with Crippen LogP contribution in [0.15, 0.2) is 91.0 Å². The highest BCUT2D eigenvalue weighted by molar-refractivity contribution is 5.96. The van der Waals surface area contributed by atoms with Crippen molar-refractivity contribution >= 4 is 22.7 Å². The molecule has 0 amide bonds. The maximum absolute atomic E-state index is 5.64. The number of benzene rings is 4. The van der Waals surface area contributed by atoms with E-state index < -0.39 is 0 Å². The van der Waals surface area contributed by atoms with Gasteiger partial charge in [-0.15, -0.1) is 0 Å². The van der Waals surface area contributed by atoms with Crippen LogP contribution in [0.3, 0.4) is 0 Å². The van der Waals surface area contributed by atoms with Crippen LogP contribution in [0.5, 0.6) is 0 Å². The van der Waals surface area contributed by atoms with Crippen LogP contribution in [0.25, 0.3) is 33.3 Å². The van der Waals surface area contributed by atoms with Gasteiger partial charge in [-0.1, -0.05) is 92.1 Å². The van der Waals surface area contributed by atoms with E-state index >= 15 is 0 Å². The third-order valence-corrected chi connectivity index (χ3v) is 10.8. The van der Waals surface area contributed by atoms with Gasteiger partial charge in [0.1, 0.15) is 0 Å². The van der Waals surface area contributed by atoms with Gasteiger partial charge in [-0.2, -0.15) is 0 Å². The molecule has 1 aliphatic heterocycles. The lowest BCUT2D eigenvalue weighted by Gasteiger charge is -2.42. The number of imidazole rings is 1. The topological polar surface area (TPSA) is 21.1 Å². The summed E-state index contributed by atoms with van der Waals surface area (Å²) in [6.45, 7) is 9.51. The highest BCUT2D eigenvalue weighted by atomic mass is 15.4. The summed E-state index contributed by atoms with van der Waals surface area (Å²) in [4.78, 5) is 8.14. The van der Waals surface area contributed by atoms with Crippen molar-refractivity contribution in [2.45, 2.75) is 76.3 Å². The van der Waals surface area contributed by atoms with Gasteiger partial charge >= 0.3 is 0 Å². The first-order valence-electron chi connectivity index (χ1n) is 15.0. The molecule has 200 valence electrons. The van der Waals surface area contributed by atoms with Crippen LogP contribution in [0, 0.1) is 0 Å². The van der Waals surface area contributed by atoms with E-state index in [1.54, 1.807) is 0 Å². The van der Waals surface area contributed by atoms with E-state index in [0.717, 1.165) is 5.95 Å². The molecule has 1 spiro atoms. The van der Waals surface area contributed by atoms with E-state index in [4.69, 9.17) is 4.98 Å². The minimum absolute atomic E-state index is 0.0804. The van der Waals surface area contributed by atoms with Crippen LogP contribution in [0.2, 0.25) is 0 Å². The second-order valence-corrected chi connectivity index (χ2v) is 13.2. The monoisotopic (exact) mass is 523 g/mol. The van der Waals surface area contributed by atoms with Crippen LogP contribution in [0.1, 0.15) is 70.9 Å². The Morgan fingerprint density at radius 1 is 0.650 bits per heavy atom. The molecule has 1 saturated carbocycles. The Labute approximate surface area is 237 Å². The quantitative estimate of drug-likeness (QED) is 0.230. The molecule has 4 aromatic carbocycles. The summed E-state index contributed by atoms with van der Waals surface area (Å²) in [6.07, 6.45) is 6.34. The summed E-state index contributed by atoms with van der Waals surface area (Å²) in [5, 5.41) is 0. The fourth-order valence-electron chi connectivity index (χ4n) is 8.18. The Bertz CT molecular complexity index is 1780. The number of anilines is 2. The molecule has 1 fully saturated rings. The zero-order valence-electron chi connectivity index (χ0n) is 24.0. The summed E-state index contributed by atoms with van der Waals surface area (Å²) < 4.78 is 2.54. The number of aromatic nitrogens is 2. The molecule has 2 heterocycles. The fraction of sp³-hybridized carbons (Fsp3) is 0.324. The average Bonchev–Trinajstić information content (AvgIpc) is 3.53. The Morgan fingerprint density at radius 2 is 1.38 bits per heavy atom. The second-order valence-electron chi connectivity index (χ2n) is 13.2. The zero-order chi connectivity index (χ0) is 27.3. The van der Waals surface area contributed by atoms with Crippen LogP contribution < -0.4 is 4.90 Å². The largest absolute Gasteiger partial charge is 0.304 e. The first-order chi connectivity index (χ1) is 19.3. The normalized spacial score (nSPS) is 19.6. The first kappa shape index (κ1) is 24.0. The molecular formula is C37H37N3. The molecule has 0 saturated heterocycles. The Morgan fingerprint density at radius 3 is 2.17 bits per heavy atom. The predicted molar refractivity (Wildman–Crippen MR) is 166 cm³/mol. The Kier molecular flexibility index (Phi) is 4.86. The van der Waals surface area contributed by atoms with Gasteiger partial charge in [0, 0.05) is 11.1 Å². The van der Waals surface area contributed by atoms with Crippen LogP contribution in [-0.4, -0.2) is 15.1 Å². The Balaban J connectivity index is 1.38. The summed E-state index contributed by atoms with van der Waals surface area (Å²) in [5.41, 5.74) is 11.7. The third kappa shape index (κ3) is 2.93. The van der Waals surface area contributed by atoms with Crippen molar-refractivity contribution in [3.05, 3.63) is 102 Å². The average molecular weight is 524 g/mol. The number of fused-ring (bicyclic) bond motifs is 9. The summed E-state index contributed by atoms with van der Waals surface area (Å²) in [6, 6.07) is 33.6. The molecule has 0 bridgehead atoms. The van der Waals surface area contributed by atoms with Gasteiger partial charge < -0.3 is 9.47 Å². The van der Waals surface area contributed by atoms with Crippen molar-refractivity contribution in [1.82, 2.24) is 9.55 Å². The molecule has 0 radical (unpaired) electrons. The smallest absolute Gasteiger partial charge is 0.212 e. The molecule has 0 atom stereocenters. The van der Waals surface area contributed by atoms with Crippen molar-refractivity contribution in [3.8, 4) is 22.3 Å². The number of hydrogen-bond acceptors (Lipinski definition) is 2. The zero-order valence-corrected chi connectivity index (χ0v) is 24.0. The highest BCUT2D eigenvalue weighted by Gasteiger charge is 2.54. The van der Waals surface area contributed by atoms with Crippen molar-refractivity contribution in [2.24, 2.45) is 0 Å². The van der Waals surface area contributed by atoms with Crippen LogP contribution in [0.4, 0.5) is 11.6 Å². The van der Waals surface area contributed by atoms with Crippen molar-refractivity contribution < 1.29 is 0 Å². The van der Waals surface area contributed by atoms with E-state index in [9.17, 15) is 0 Å². The van der Waals surface area contributed by atoms with Gasteiger partial charge in [0.15, 0.2) is 0 Å². The molecule has 3 aliphatic rings. The second kappa shape index (κ2) is 8.10. The lowest BCUT2D eigenvalue weighted by molar-refractivity contribution is 0.253. The molecule has 40 heavy (non-hydrogen) atoms. The molecule has 1 aromatic heterocycles. The third-order valence-electron chi connectivity index (χ3n) is 10.8. The summed E-state index contributed by atoms with van der Waals surface area (Å²) >= 11 is 0.